The van der Waals surface area contributed by atoms with Gasteiger partial charge in [0.05, 0.1) is 24.8 Å². The van der Waals surface area contributed by atoms with Crippen molar-refractivity contribution >= 4 is 17.5 Å². The fraction of sp³-hybridized carbons (Fsp3) is 0.316. The van der Waals surface area contributed by atoms with E-state index >= 15 is 0 Å². The molecule has 0 aliphatic carbocycles. The van der Waals surface area contributed by atoms with E-state index in [9.17, 15) is 4.79 Å². The van der Waals surface area contributed by atoms with E-state index in [4.69, 9.17) is 21.1 Å². The minimum Gasteiger partial charge on any atom is -0.497 e. The van der Waals surface area contributed by atoms with Crippen LogP contribution < -0.4 is 14.8 Å². The molecule has 0 spiro atoms. The quantitative estimate of drug-likeness (QED) is 0.794. The molecule has 0 aromatic heterocycles. The van der Waals surface area contributed by atoms with Gasteiger partial charge >= 0.3 is 0 Å². The molecule has 2 rings (SSSR count). The molecule has 1 amide bonds. The second kappa shape index (κ2) is 8.60. The normalized spacial score (nSPS) is 11.7. The maximum Gasteiger partial charge on any atom is 0.251 e. The van der Waals surface area contributed by atoms with Gasteiger partial charge in [0.25, 0.3) is 5.91 Å². The Bertz CT molecular complexity index is 686. The molecular formula is C19H22ClNO3. The highest BCUT2D eigenvalue weighted by molar-refractivity contribution is 6.32. The molecule has 0 saturated carbocycles. The zero-order valence-corrected chi connectivity index (χ0v) is 14.9. The molecule has 0 fully saturated rings. The summed E-state index contributed by atoms with van der Waals surface area (Å²) < 4.78 is 10.6. The number of benzene rings is 2. The lowest BCUT2D eigenvalue weighted by molar-refractivity contribution is 0.0935. The monoisotopic (exact) mass is 347 g/mol. The Morgan fingerprint density at radius 3 is 2.42 bits per heavy atom. The Morgan fingerprint density at radius 2 is 1.88 bits per heavy atom. The lowest BCUT2D eigenvalue weighted by Gasteiger charge is -2.18. The van der Waals surface area contributed by atoms with Gasteiger partial charge in [-0.2, -0.15) is 0 Å². The molecule has 1 N–H and O–H groups in total. The summed E-state index contributed by atoms with van der Waals surface area (Å²) in [7, 11) is 1.63. The average molecular weight is 348 g/mol. The Kier molecular flexibility index (Phi) is 6.50. The van der Waals surface area contributed by atoms with Crippen LogP contribution in [0.15, 0.2) is 42.5 Å². The van der Waals surface area contributed by atoms with Crippen molar-refractivity contribution in [2.45, 2.75) is 26.3 Å². The summed E-state index contributed by atoms with van der Waals surface area (Å²) in [5, 5.41) is 3.47. The first kappa shape index (κ1) is 18.1. The molecular weight excluding hydrogens is 326 g/mol. The number of ether oxygens (including phenoxy) is 2. The standard InChI is InChI=1S/C19H22ClNO3/c1-4-17(13-6-9-15(23-3)10-7-13)21-19(22)14-8-11-18(24-5-2)16(20)12-14/h6-12,17H,4-5H2,1-3H3,(H,21,22)/t17-/m1/s1. The molecule has 2 aromatic rings. The number of hydrogen-bond acceptors (Lipinski definition) is 3. The molecule has 0 heterocycles. The Balaban J connectivity index is 2.12. The zero-order valence-electron chi connectivity index (χ0n) is 14.1. The van der Waals surface area contributed by atoms with Crippen LogP contribution in [0, 0.1) is 0 Å². The highest BCUT2D eigenvalue weighted by Crippen LogP contribution is 2.26. The molecule has 0 saturated heterocycles. The van der Waals surface area contributed by atoms with Crippen molar-refractivity contribution < 1.29 is 14.3 Å². The number of carbonyl (C=O) groups is 1. The number of amides is 1. The van der Waals surface area contributed by atoms with Crippen LogP contribution in [0.3, 0.4) is 0 Å². The van der Waals surface area contributed by atoms with Gasteiger partial charge in [0.2, 0.25) is 0 Å². The summed E-state index contributed by atoms with van der Waals surface area (Å²) in [6.45, 7) is 4.44. The van der Waals surface area contributed by atoms with Crippen molar-refractivity contribution in [3.8, 4) is 11.5 Å². The molecule has 0 aliphatic rings. The van der Waals surface area contributed by atoms with Crippen molar-refractivity contribution in [2.24, 2.45) is 0 Å². The SMILES string of the molecule is CCOc1ccc(C(=O)N[C@H](CC)c2ccc(OC)cc2)cc1Cl. The Morgan fingerprint density at radius 1 is 1.17 bits per heavy atom. The van der Waals surface area contributed by atoms with Crippen molar-refractivity contribution in [1.29, 1.82) is 0 Å². The van der Waals surface area contributed by atoms with Crippen molar-refractivity contribution in [1.82, 2.24) is 5.32 Å². The van der Waals surface area contributed by atoms with Gasteiger partial charge in [-0.25, -0.2) is 0 Å². The molecule has 0 radical (unpaired) electrons. The van der Waals surface area contributed by atoms with Crippen LogP contribution in [0.25, 0.3) is 0 Å². The summed E-state index contributed by atoms with van der Waals surface area (Å²) in [4.78, 5) is 12.5. The molecule has 1 atom stereocenters. The summed E-state index contributed by atoms with van der Waals surface area (Å²) in [6.07, 6.45) is 0.781. The van der Waals surface area contributed by atoms with Crippen molar-refractivity contribution in [3.63, 3.8) is 0 Å². The predicted molar refractivity (Wildman–Crippen MR) is 96.1 cm³/mol. The second-order valence-electron chi connectivity index (χ2n) is 5.29. The van der Waals surface area contributed by atoms with Crippen molar-refractivity contribution in [2.75, 3.05) is 13.7 Å². The number of methoxy groups -OCH3 is 1. The number of halogens is 1. The van der Waals surface area contributed by atoms with Crippen LogP contribution in [-0.4, -0.2) is 19.6 Å². The van der Waals surface area contributed by atoms with Crippen molar-refractivity contribution in [3.05, 3.63) is 58.6 Å². The van der Waals surface area contributed by atoms with Crippen LogP contribution in [0.4, 0.5) is 0 Å². The maximum absolute atomic E-state index is 12.5. The summed E-state index contributed by atoms with van der Waals surface area (Å²) in [6, 6.07) is 12.7. The number of nitrogens with one attached hydrogen (secondary N) is 1. The fourth-order valence-electron chi connectivity index (χ4n) is 2.41. The van der Waals surface area contributed by atoms with E-state index in [1.54, 1.807) is 25.3 Å². The van der Waals surface area contributed by atoms with E-state index < -0.39 is 0 Å². The fourth-order valence-corrected chi connectivity index (χ4v) is 2.65. The third-order valence-corrected chi connectivity index (χ3v) is 4.02. The van der Waals surface area contributed by atoms with Gasteiger partial charge in [-0.3, -0.25) is 4.79 Å². The zero-order chi connectivity index (χ0) is 17.5. The van der Waals surface area contributed by atoms with Gasteiger partial charge in [0.1, 0.15) is 11.5 Å². The maximum atomic E-state index is 12.5. The number of rotatable bonds is 7. The molecule has 24 heavy (non-hydrogen) atoms. The predicted octanol–water partition coefficient (Wildman–Crippen LogP) is 4.63. The highest BCUT2D eigenvalue weighted by atomic mass is 35.5. The topological polar surface area (TPSA) is 47.6 Å². The Hall–Kier alpha value is -2.20. The van der Waals surface area contributed by atoms with Crippen LogP contribution in [0.2, 0.25) is 5.02 Å². The minimum atomic E-state index is -0.164. The van der Waals surface area contributed by atoms with Crippen LogP contribution in [-0.2, 0) is 0 Å². The van der Waals surface area contributed by atoms with E-state index in [1.807, 2.05) is 38.1 Å². The average Bonchev–Trinajstić information content (AvgIpc) is 2.61. The molecule has 0 unspecified atom stereocenters. The first-order valence-corrected chi connectivity index (χ1v) is 8.34. The first-order valence-electron chi connectivity index (χ1n) is 7.96. The second-order valence-corrected chi connectivity index (χ2v) is 5.69. The number of hydrogen-bond donors (Lipinski definition) is 1. The molecule has 128 valence electrons. The van der Waals surface area contributed by atoms with Crippen LogP contribution >= 0.6 is 11.6 Å². The largest absolute Gasteiger partial charge is 0.497 e. The van der Waals surface area contributed by atoms with E-state index in [0.717, 1.165) is 17.7 Å². The van der Waals surface area contributed by atoms with E-state index in [1.165, 1.54) is 0 Å². The first-order chi connectivity index (χ1) is 11.6. The van der Waals surface area contributed by atoms with Gasteiger partial charge in [0.15, 0.2) is 0 Å². The molecule has 2 aromatic carbocycles. The highest BCUT2D eigenvalue weighted by Gasteiger charge is 2.15. The van der Waals surface area contributed by atoms with Gasteiger partial charge in [0, 0.05) is 5.56 Å². The summed E-state index contributed by atoms with van der Waals surface area (Å²) in [5.74, 6) is 1.21. The van der Waals surface area contributed by atoms with Crippen LogP contribution in [0.1, 0.15) is 42.2 Å². The van der Waals surface area contributed by atoms with E-state index in [0.29, 0.717) is 22.9 Å². The summed E-state index contributed by atoms with van der Waals surface area (Å²) in [5.41, 5.74) is 1.54. The minimum absolute atomic E-state index is 0.0752. The van der Waals surface area contributed by atoms with Crippen LogP contribution in [0.5, 0.6) is 11.5 Å². The summed E-state index contributed by atoms with van der Waals surface area (Å²) >= 11 is 6.15. The lowest BCUT2D eigenvalue weighted by Crippen LogP contribution is -2.28. The lowest BCUT2D eigenvalue weighted by atomic mass is 10.0. The molecule has 0 aliphatic heterocycles. The Labute approximate surface area is 147 Å². The van der Waals surface area contributed by atoms with Gasteiger partial charge in [-0.15, -0.1) is 0 Å². The van der Waals surface area contributed by atoms with Gasteiger partial charge in [-0.05, 0) is 49.2 Å². The third-order valence-electron chi connectivity index (χ3n) is 3.73. The van der Waals surface area contributed by atoms with E-state index in [2.05, 4.69) is 5.32 Å². The smallest absolute Gasteiger partial charge is 0.251 e. The third kappa shape index (κ3) is 4.42. The van der Waals surface area contributed by atoms with Gasteiger partial charge in [-0.1, -0.05) is 30.7 Å². The molecule has 5 heteroatoms. The number of carbonyl (C=O) groups excluding carboxylic acids is 1. The van der Waals surface area contributed by atoms with E-state index in [-0.39, 0.29) is 11.9 Å². The molecule has 0 bridgehead atoms. The van der Waals surface area contributed by atoms with Gasteiger partial charge < -0.3 is 14.8 Å². The molecule has 4 nitrogen and oxygen atoms in total.